The van der Waals surface area contributed by atoms with Crippen LogP contribution >= 0.6 is 0 Å². The van der Waals surface area contributed by atoms with Crippen molar-refractivity contribution in [2.75, 3.05) is 6.54 Å². The van der Waals surface area contributed by atoms with Gasteiger partial charge in [0, 0.05) is 68.1 Å². The normalized spacial score (nSPS) is 15.2. The quantitative estimate of drug-likeness (QED) is 0.159. The van der Waals surface area contributed by atoms with Crippen LogP contribution in [0.3, 0.4) is 0 Å². The first-order valence-corrected chi connectivity index (χ1v) is 26.0. The molecule has 74 heavy (non-hydrogen) atoms. The summed E-state index contributed by atoms with van der Waals surface area (Å²) in [5.41, 5.74) is 20.0. The van der Waals surface area contributed by atoms with Crippen molar-refractivity contribution < 1.29 is 0 Å². The molecule has 3 aromatic heterocycles. The van der Waals surface area contributed by atoms with Gasteiger partial charge in [0.2, 0.25) is 0 Å². The van der Waals surface area contributed by atoms with Gasteiger partial charge in [-0.1, -0.05) is 185 Å². The Labute approximate surface area is 430 Å². The maximum atomic E-state index is 5.43. The molecule has 0 bridgehead atoms. The summed E-state index contributed by atoms with van der Waals surface area (Å²) in [4.78, 5) is 5.43. The summed E-state index contributed by atoms with van der Waals surface area (Å²) in [7, 11) is 0. The standard InChI is InChI=1S/C70H52N4/c1-69(2,3)47-32-35-50(36-33-47)72-67-31-17-10-24-59(67)60-41-48(34-37-68(60)72)70(61-25-11-4-18-53(61)54-19-5-12-26-62(54)70)49-38-46(43-71-44-49)45-39-51(73-63-27-13-6-20-55(63)56-21-7-14-28-64(56)73)42-52(40-45)74-65-29-15-8-22-57(65)58-23-9-16-30-66(58)74/h4-42,44,46H,43H2,1-3H3. The minimum atomic E-state index is -0.652. The molecule has 1 unspecified atom stereocenters. The first-order chi connectivity index (χ1) is 36.3. The van der Waals surface area contributed by atoms with Crippen LogP contribution in [0.2, 0.25) is 0 Å². The second-order valence-electron chi connectivity index (χ2n) is 21.5. The Bertz CT molecular complexity index is 4220. The van der Waals surface area contributed by atoms with Gasteiger partial charge in [0.05, 0.1) is 38.5 Å². The summed E-state index contributed by atoms with van der Waals surface area (Å²) in [6.07, 6.45) is 4.76. The minimum absolute atomic E-state index is 0.0339. The van der Waals surface area contributed by atoms with Gasteiger partial charge in [-0.25, -0.2) is 0 Å². The Hall–Kier alpha value is -8.99. The van der Waals surface area contributed by atoms with Gasteiger partial charge < -0.3 is 13.7 Å². The van der Waals surface area contributed by atoms with Crippen molar-refractivity contribution in [1.29, 1.82) is 0 Å². The molecule has 0 saturated carbocycles. The Kier molecular flexibility index (Phi) is 9.23. The molecule has 4 nitrogen and oxygen atoms in total. The lowest BCUT2D eigenvalue weighted by molar-refractivity contribution is 0.590. The molecule has 4 heteroatoms. The second kappa shape index (κ2) is 16.0. The van der Waals surface area contributed by atoms with E-state index in [1.165, 1.54) is 110 Å². The van der Waals surface area contributed by atoms with Gasteiger partial charge in [-0.15, -0.1) is 0 Å². The molecular formula is C70H52N4. The van der Waals surface area contributed by atoms with Crippen LogP contribution < -0.4 is 0 Å². The highest BCUT2D eigenvalue weighted by Crippen LogP contribution is 2.57. The second-order valence-corrected chi connectivity index (χ2v) is 21.5. The Morgan fingerprint density at radius 3 is 1.31 bits per heavy atom. The number of aliphatic imine (C=N–C) groups is 1. The van der Waals surface area contributed by atoms with E-state index in [2.05, 4.69) is 277 Å². The molecule has 1 aliphatic heterocycles. The molecule has 10 aromatic carbocycles. The Balaban J connectivity index is 0.978. The summed E-state index contributed by atoms with van der Waals surface area (Å²) in [5.74, 6) is -0.0339. The van der Waals surface area contributed by atoms with Crippen molar-refractivity contribution in [2.45, 2.75) is 37.5 Å². The highest BCUT2D eigenvalue weighted by molar-refractivity contribution is 6.12. The number of rotatable bonds is 6. The van der Waals surface area contributed by atoms with E-state index in [0.717, 1.165) is 17.1 Å². The molecule has 352 valence electrons. The van der Waals surface area contributed by atoms with E-state index in [0.29, 0.717) is 6.54 Å². The van der Waals surface area contributed by atoms with Gasteiger partial charge in [0.25, 0.3) is 0 Å². The van der Waals surface area contributed by atoms with Crippen molar-refractivity contribution in [1.82, 2.24) is 13.7 Å². The van der Waals surface area contributed by atoms with Crippen molar-refractivity contribution in [2.24, 2.45) is 4.99 Å². The van der Waals surface area contributed by atoms with Crippen LogP contribution in [-0.2, 0) is 10.8 Å². The third kappa shape index (κ3) is 6.12. The monoisotopic (exact) mass is 948 g/mol. The molecule has 13 aromatic rings. The smallest absolute Gasteiger partial charge is 0.0725 e. The lowest BCUT2D eigenvalue weighted by Crippen LogP contribution is -2.32. The van der Waals surface area contributed by atoms with E-state index >= 15 is 0 Å². The number of allylic oxidation sites excluding steroid dienone is 1. The lowest BCUT2D eigenvalue weighted by atomic mass is 9.66. The maximum Gasteiger partial charge on any atom is 0.0725 e. The first-order valence-electron chi connectivity index (χ1n) is 26.0. The van der Waals surface area contributed by atoms with Crippen molar-refractivity contribution >= 4 is 71.6 Å². The Morgan fingerprint density at radius 1 is 0.405 bits per heavy atom. The van der Waals surface area contributed by atoms with Crippen molar-refractivity contribution in [3.8, 4) is 28.2 Å². The van der Waals surface area contributed by atoms with Crippen LogP contribution in [0, 0.1) is 0 Å². The summed E-state index contributed by atoms with van der Waals surface area (Å²) in [5, 5.41) is 7.46. The van der Waals surface area contributed by atoms with E-state index in [-0.39, 0.29) is 11.3 Å². The van der Waals surface area contributed by atoms with Crippen LogP contribution in [0.15, 0.2) is 247 Å². The average molecular weight is 949 g/mol. The topological polar surface area (TPSA) is 27.1 Å². The molecule has 15 rings (SSSR count). The predicted molar refractivity (Wildman–Crippen MR) is 311 cm³/mol. The molecule has 4 heterocycles. The highest BCUT2D eigenvalue weighted by Gasteiger charge is 2.48. The summed E-state index contributed by atoms with van der Waals surface area (Å²) in [6, 6.07) is 86.1. The number of benzene rings is 10. The first kappa shape index (κ1) is 42.7. The van der Waals surface area contributed by atoms with E-state index < -0.39 is 5.41 Å². The van der Waals surface area contributed by atoms with Crippen LogP contribution in [-0.4, -0.2) is 26.5 Å². The zero-order valence-corrected chi connectivity index (χ0v) is 41.7. The average Bonchev–Trinajstić information content (AvgIpc) is 4.18. The molecule has 0 radical (unpaired) electrons. The fourth-order valence-electron chi connectivity index (χ4n) is 13.1. The van der Waals surface area contributed by atoms with Crippen molar-refractivity contribution in [3.63, 3.8) is 0 Å². The third-order valence-electron chi connectivity index (χ3n) is 16.4. The number of fused-ring (bicyclic) bond motifs is 12. The fraction of sp³-hybridized carbons (Fsp3) is 0.100. The highest BCUT2D eigenvalue weighted by atomic mass is 15.0. The SMILES string of the molecule is CC(C)(C)c1ccc(-n2c3ccccc3c3cc(C4(C5=CC(c6cc(-n7c8ccccc8c8ccccc87)cc(-n7c8ccccc8c8ccccc87)c6)CN=C5)c5ccccc5-c5ccccc54)ccc32)cc1. The van der Waals surface area contributed by atoms with Gasteiger partial charge in [-0.05, 0) is 123 Å². The molecule has 0 saturated heterocycles. The summed E-state index contributed by atoms with van der Waals surface area (Å²) < 4.78 is 7.38. The van der Waals surface area contributed by atoms with Gasteiger partial charge in [0.15, 0.2) is 0 Å². The number of nitrogens with zero attached hydrogens (tertiary/aromatic N) is 4. The Morgan fingerprint density at radius 2 is 0.824 bits per heavy atom. The molecule has 0 amide bonds. The van der Waals surface area contributed by atoms with E-state index in [4.69, 9.17) is 4.99 Å². The minimum Gasteiger partial charge on any atom is -0.309 e. The molecule has 1 atom stereocenters. The fourth-order valence-corrected chi connectivity index (χ4v) is 13.1. The van der Waals surface area contributed by atoms with E-state index in [1.54, 1.807) is 0 Å². The number of para-hydroxylation sites is 5. The molecule has 0 spiro atoms. The summed E-state index contributed by atoms with van der Waals surface area (Å²) in [6.45, 7) is 7.47. The van der Waals surface area contributed by atoms with Gasteiger partial charge in [0.1, 0.15) is 0 Å². The van der Waals surface area contributed by atoms with Crippen LogP contribution in [0.25, 0.3) is 93.6 Å². The number of aromatic nitrogens is 3. The zero-order valence-electron chi connectivity index (χ0n) is 41.7. The lowest BCUT2D eigenvalue weighted by Gasteiger charge is -2.36. The predicted octanol–water partition coefficient (Wildman–Crippen LogP) is 17.4. The zero-order chi connectivity index (χ0) is 49.3. The van der Waals surface area contributed by atoms with E-state index in [9.17, 15) is 0 Å². The molecule has 2 aliphatic rings. The van der Waals surface area contributed by atoms with E-state index in [1.807, 2.05) is 0 Å². The molecular weight excluding hydrogens is 897 g/mol. The molecule has 0 N–H and O–H groups in total. The third-order valence-corrected chi connectivity index (χ3v) is 16.4. The molecule has 0 fully saturated rings. The van der Waals surface area contributed by atoms with Gasteiger partial charge in [-0.2, -0.15) is 0 Å². The van der Waals surface area contributed by atoms with Crippen molar-refractivity contribution in [3.05, 3.63) is 270 Å². The van der Waals surface area contributed by atoms with Crippen LogP contribution in [0.1, 0.15) is 54.5 Å². The number of dihydropyridines is 1. The van der Waals surface area contributed by atoms with Gasteiger partial charge >= 0.3 is 0 Å². The largest absolute Gasteiger partial charge is 0.309 e. The molecule has 1 aliphatic carbocycles. The summed E-state index contributed by atoms with van der Waals surface area (Å²) >= 11 is 0. The number of hydrogen-bond donors (Lipinski definition) is 0. The number of hydrogen-bond acceptors (Lipinski definition) is 1. The maximum absolute atomic E-state index is 5.43. The van der Waals surface area contributed by atoms with Crippen LogP contribution in [0.4, 0.5) is 0 Å². The van der Waals surface area contributed by atoms with Crippen LogP contribution in [0.5, 0.6) is 0 Å². The van der Waals surface area contributed by atoms with Gasteiger partial charge in [-0.3, -0.25) is 4.99 Å².